The summed E-state index contributed by atoms with van der Waals surface area (Å²) in [4.78, 5) is 5.27. The van der Waals surface area contributed by atoms with Crippen LogP contribution in [-0.4, -0.2) is 12.6 Å². The van der Waals surface area contributed by atoms with Gasteiger partial charge in [-0.25, -0.2) is 0 Å². The predicted octanol–water partition coefficient (Wildman–Crippen LogP) is 2.55. The van der Waals surface area contributed by atoms with Gasteiger partial charge >= 0.3 is 0 Å². The van der Waals surface area contributed by atoms with Crippen LogP contribution in [0.15, 0.2) is 30.3 Å². The first-order valence-corrected chi connectivity index (χ1v) is 5.24. The molecule has 0 fully saturated rings. The van der Waals surface area contributed by atoms with E-state index in [0.717, 1.165) is 19.4 Å². The normalized spacial score (nSPS) is 12.7. The second-order valence-electron chi connectivity index (χ2n) is 3.56. The number of nitrogens with one attached hydrogen (secondary N) is 1. The highest BCUT2D eigenvalue weighted by molar-refractivity contribution is 5.15. The molecule has 0 saturated carbocycles. The lowest BCUT2D eigenvalue weighted by molar-refractivity contribution is 0.0206. The lowest BCUT2D eigenvalue weighted by Crippen LogP contribution is -2.28. The molecule has 1 aromatic carbocycles. The van der Waals surface area contributed by atoms with Crippen LogP contribution < -0.4 is 5.48 Å². The summed E-state index contributed by atoms with van der Waals surface area (Å²) in [5, 5.41) is 0. The summed E-state index contributed by atoms with van der Waals surface area (Å²) in [5.74, 6) is 0. The SMILES string of the molecule is CCCONC(C)Cc1ccccc1. The maximum Gasteiger partial charge on any atom is 0.0679 e. The molecule has 1 unspecified atom stereocenters. The van der Waals surface area contributed by atoms with Crippen LogP contribution in [0.2, 0.25) is 0 Å². The van der Waals surface area contributed by atoms with Crippen molar-refractivity contribution in [3.8, 4) is 0 Å². The first-order chi connectivity index (χ1) is 6.83. The Morgan fingerprint density at radius 3 is 2.64 bits per heavy atom. The monoisotopic (exact) mass is 193 g/mol. The van der Waals surface area contributed by atoms with Crippen molar-refractivity contribution in [3.05, 3.63) is 35.9 Å². The zero-order valence-electron chi connectivity index (χ0n) is 8.99. The number of hydrogen-bond acceptors (Lipinski definition) is 2. The summed E-state index contributed by atoms with van der Waals surface area (Å²) >= 11 is 0. The van der Waals surface area contributed by atoms with Crippen LogP contribution in [0.1, 0.15) is 25.8 Å². The van der Waals surface area contributed by atoms with E-state index in [2.05, 4.69) is 43.6 Å². The summed E-state index contributed by atoms with van der Waals surface area (Å²) in [5.41, 5.74) is 4.37. The fourth-order valence-electron chi connectivity index (χ4n) is 1.31. The highest BCUT2D eigenvalue weighted by Crippen LogP contribution is 2.02. The van der Waals surface area contributed by atoms with Crippen LogP contribution >= 0.6 is 0 Å². The molecule has 0 aliphatic rings. The van der Waals surface area contributed by atoms with Crippen molar-refractivity contribution in [3.63, 3.8) is 0 Å². The van der Waals surface area contributed by atoms with E-state index in [4.69, 9.17) is 4.84 Å². The van der Waals surface area contributed by atoms with Crippen molar-refractivity contribution in [1.82, 2.24) is 5.48 Å². The molecule has 2 nitrogen and oxygen atoms in total. The smallest absolute Gasteiger partial charge is 0.0679 e. The third kappa shape index (κ3) is 4.40. The molecule has 0 radical (unpaired) electrons. The quantitative estimate of drug-likeness (QED) is 0.554. The third-order valence-electron chi connectivity index (χ3n) is 1.98. The molecule has 1 aromatic rings. The first-order valence-electron chi connectivity index (χ1n) is 5.24. The Kier molecular flexibility index (Phi) is 5.27. The van der Waals surface area contributed by atoms with E-state index >= 15 is 0 Å². The summed E-state index contributed by atoms with van der Waals surface area (Å²) in [7, 11) is 0. The van der Waals surface area contributed by atoms with E-state index in [9.17, 15) is 0 Å². The molecule has 0 spiro atoms. The summed E-state index contributed by atoms with van der Waals surface area (Å²) in [6, 6.07) is 10.8. The zero-order valence-corrected chi connectivity index (χ0v) is 8.99. The minimum Gasteiger partial charge on any atom is -0.302 e. The molecule has 0 saturated heterocycles. The average molecular weight is 193 g/mol. The van der Waals surface area contributed by atoms with Gasteiger partial charge in [0.2, 0.25) is 0 Å². The van der Waals surface area contributed by atoms with Crippen molar-refractivity contribution in [2.24, 2.45) is 0 Å². The average Bonchev–Trinajstić information content (AvgIpc) is 2.20. The van der Waals surface area contributed by atoms with Gasteiger partial charge in [0.05, 0.1) is 6.61 Å². The second-order valence-corrected chi connectivity index (χ2v) is 3.56. The van der Waals surface area contributed by atoms with Crippen molar-refractivity contribution >= 4 is 0 Å². The molecule has 0 aliphatic carbocycles. The highest BCUT2D eigenvalue weighted by Gasteiger charge is 2.01. The van der Waals surface area contributed by atoms with Gasteiger partial charge in [0, 0.05) is 6.04 Å². The van der Waals surface area contributed by atoms with E-state index in [1.54, 1.807) is 0 Å². The van der Waals surface area contributed by atoms with Gasteiger partial charge in [-0.05, 0) is 25.3 Å². The standard InChI is InChI=1S/C12H19NO/c1-3-9-14-13-11(2)10-12-7-5-4-6-8-12/h4-8,11,13H,3,9-10H2,1-2H3. The Morgan fingerprint density at radius 1 is 1.29 bits per heavy atom. The van der Waals surface area contributed by atoms with Gasteiger partial charge in [-0.1, -0.05) is 37.3 Å². The molecule has 2 heteroatoms. The largest absolute Gasteiger partial charge is 0.302 e. The van der Waals surface area contributed by atoms with Gasteiger partial charge in [0.1, 0.15) is 0 Å². The maximum absolute atomic E-state index is 5.27. The molecular formula is C12H19NO. The van der Waals surface area contributed by atoms with E-state index in [-0.39, 0.29) is 0 Å². The van der Waals surface area contributed by atoms with Crippen LogP contribution in [-0.2, 0) is 11.3 Å². The van der Waals surface area contributed by atoms with E-state index in [1.165, 1.54) is 5.56 Å². The Labute approximate surface area is 86.2 Å². The second kappa shape index (κ2) is 6.57. The Balaban J connectivity index is 2.23. The topological polar surface area (TPSA) is 21.3 Å². The van der Waals surface area contributed by atoms with Crippen molar-refractivity contribution in [2.75, 3.05) is 6.61 Å². The number of rotatable bonds is 6. The van der Waals surface area contributed by atoms with E-state index in [0.29, 0.717) is 6.04 Å². The van der Waals surface area contributed by atoms with Crippen LogP contribution in [0, 0.1) is 0 Å². The predicted molar refractivity (Wildman–Crippen MR) is 59.0 cm³/mol. The molecule has 14 heavy (non-hydrogen) atoms. The van der Waals surface area contributed by atoms with E-state index in [1.807, 2.05) is 6.07 Å². The van der Waals surface area contributed by atoms with Gasteiger partial charge in [-0.2, -0.15) is 5.48 Å². The molecular weight excluding hydrogens is 174 g/mol. The fourth-order valence-corrected chi connectivity index (χ4v) is 1.31. The summed E-state index contributed by atoms with van der Waals surface area (Å²) in [6.45, 7) is 5.01. The summed E-state index contributed by atoms with van der Waals surface area (Å²) < 4.78 is 0. The Morgan fingerprint density at radius 2 is 2.00 bits per heavy atom. The lowest BCUT2D eigenvalue weighted by atomic mass is 10.1. The van der Waals surface area contributed by atoms with Crippen LogP contribution in [0.3, 0.4) is 0 Å². The van der Waals surface area contributed by atoms with Crippen LogP contribution in [0.5, 0.6) is 0 Å². The minimum absolute atomic E-state index is 0.365. The number of hydroxylamine groups is 1. The van der Waals surface area contributed by atoms with E-state index < -0.39 is 0 Å². The van der Waals surface area contributed by atoms with Crippen molar-refractivity contribution < 1.29 is 4.84 Å². The van der Waals surface area contributed by atoms with Gasteiger partial charge in [0.15, 0.2) is 0 Å². The molecule has 1 N–H and O–H groups in total. The summed E-state index contributed by atoms with van der Waals surface area (Å²) in [6.07, 6.45) is 2.05. The van der Waals surface area contributed by atoms with Crippen LogP contribution in [0.25, 0.3) is 0 Å². The number of benzene rings is 1. The highest BCUT2D eigenvalue weighted by atomic mass is 16.6. The molecule has 0 heterocycles. The molecule has 0 bridgehead atoms. The Bertz CT molecular complexity index is 235. The third-order valence-corrected chi connectivity index (χ3v) is 1.98. The lowest BCUT2D eigenvalue weighted by Gasteiger charge is -2.13. The minimum atomic E-state index is 0.365. The first kappa shape index (κ1) is 11.2. The molecule has 1 atom stereocenters. The van der Waals surface area contributed by atoms with Gasteiger partial charge in [-0.3, -0.25) is 0 Å². The van der Waals surface area contributed by atoms with Crippen molar-refractivity contribution in [2.45, 2.75) is 32.7 Å². The Hall–Kier alpha value is -0.860. The molecule has 0 aromatic heterocycles. The molecule has 1 rings (SSSR count). The van der Waals surface area contributed by atoms with Gasteiger partial charge in [0.25, 0.3) is 0 Å². The van der Waals surface area contributed by atoms with Gasteiger partial charge < -0.3 is 4.84 Å². The van der Waals surface area contributed by atoms with Gasteiger partial charge in [-0.15, -0.1) is 0 Å². The fraction of sp³-hybridized carbons (Fsp3) is 0.500. The molecule has 0 aliphatic heterocycles. The maximum atomic E-state index is 5.27. The number of hydrogen-bond donors (Lipinski definition) is 1. The zero-order chi connectivity index (χ0) is 10.2. The molecule has 78 valence electrons. The van der Waals surface area contributed by atoms with Crippen LogP contribution in [0.4, 0.5) is 0 Å². The molecule has 0 amide bonds. The van der Waals surface area contributed by atoms with Crippen molar-refractivity contribution in [1.29, 1.82) is 0 Å².